The Morgan fingerprint density at radius 3 is 2.55 bits per heavy atom. The third-order valence-corrected chi connectivity index (χ3v) is 7.25. The maximum atomic E-state index is 13.7. The second-order valence-corrected chi connectivity index (χ2v) is 11.0. The lowest BCUT2D eigenvalue weighted by Gasteiger charge is -2.39. The predicted octanol–water partition coefficient (Wildman–Crippen LogP) is 4.85. The number of dihydropyridines is 1. The summed E-state index contributed by atoms with van der Waals surface area (Å²) in [5.74, 6) is 0.0591. The average Bonchev–Trinajstić information content (AvgIpc) is 3.35. The molecule has 1 amide bonds. The highest BCUT2D eigenvalue weighted by atomic mass is 35.5. The van der Waals surface area contributed by atoms with Crippen LogP contribution in [0.5, 0.6) is 5.75 Å². The third-order valence-electron chi connectivity index (χ3n) is 7.00. The van der Waals surface area contributed by atoms with E-state index in [1.807, 2.05) is 43.3 Å². The molecule has 0 spiro atoms. The summed E-state index contributed by atoms with van der Waals surface area (Å²) in [7, 11) is 1.62. The van der Waals surface area contributed by atoms with Crippen molar-refractivity contribution in [2.75, 3.05) is 7.11 Å². The smallest absolute Gasteiger partial charge is 0.250 e. The number of benzene rings is 2. The molecular weight excluding hydrogens is 502 g/mol. The van der Waals surface area contributed by atoms with E-state index in [1.165, 1.54) is 0 Å². The van der Waals surface area contributed by atoms with Crippen molar-refractivity contribution in [1.82, 2.24) is 25.6 Å². The molecule has 0 fully saturated rings. The molecule has 38 heavy (non-hydrogen) atoms. The van der Waals surface area contributed by atoms with Crippen LogP contribution in [-0.2, 0) is 16.1 Å². The van der Waals surface area contributed by atoms with Crippen LogP contribution in [0.2, 0.25) is 5.02 Å². The molecule has 8 nitrogen and oxygen atoms in total. The molecule has 3 aromatic rings. The van der Waals surface area contributed by atoms with E-state index in [-0.39, 0.29) is 23.7 Å². The van der Waals surface area contributed by atoms with Gasteiger partial charge in [-0.05, 0) is 60.7 Å². The molecule has 1 aliphatic heterocycles. The molecule has 2 aromatic carbocycles. The summed E-state index contributed by atoms with van der Waals surface area (Å²) in [6.07, 6.45) is 2.94. The number of ether oxygens (including phenoxy) is 1. The fraction of sp³-hybridized carbons (Fsp3) is 0.310. The largest absolute Gasteiger partial charge is 0.497 e. The van der Waals surface area contributed by atoms with Crippen LogP contribution in [0.4, 0.5) is 0 Å². The zero-order chi connectivity index (χ0) is 27.0. The number of carbonyl (C=O) groups excluding carboxylic acids is 2. The number of aromatic nitrogens is 3. The standard InChI is InChI=1S/C29H30ClN5O3/c1-17-25(28(37)31-15-20-16-35(34-33-20)21-9-11-22(38-4)12-10-21)26(18-5-7-19(30)8-6-18)27-23(32-17)13-29(2,3)14-24(27)36/h5-12,16,26,32H,13-15H2,1-4H3,(H,31,37). The number of Topliss-reactive ketones (excluding diaryl/α,β-unsaturated/α-hetero) is 1. The highest BCUT2D eigenvalue weighted by molar-refractivity contribution is 6.30. The molecule has 1 atom stereocenters. The summed E-state index contributed by atoms with van der Waals surface area (Å²) in [6.45, 7) is 6.25. The molecule has 2 N–H and O–H groups in total. The quantitative estimate of drug-likeness (QED) is 0.472. The SMILES string of the molecule is COc1ccc(-n2cc(CNC(=O)C3=C(C)NC4=C(C(=O)CC(C)(C)C4)C3c3ccc(Cl)cc3)nn2)cc1. The summed E-state index contributed by atoms with van der Waals surface area (Å²) in [6, 6.07) is 14.8. The van der Waals surface area contributed by atoms with Gasteiger partial charge in [-0.25, -0.2) is 4.68 Å². The summed E-state index contributed by atoms with van der Waals surface area (Å²) >= 11 is 6.16. The van der Waals surface area contributed by atoms with E-state index >= 15 is 0 Å². The molecule has 0 bridgehead atoms. The first-order valence-electron chi connectivity index (χ1n) is 12.5. The minimum atomic E-state index is -0.484. The van der Waals surface area contributed by atoms with Gasteiger partial charge in [-0.2, -0.15) is 0 Å². The summed E-state index contributed by atoms with van der Waals surface area (Å²) in [5.41, 5.74) is 4.93. The van der Waals surface area contributed by atoms with Gasteiger partial charge in [0.15, 0.2) is 5.78 Å². The minimum Gasteiger partial charge on any atom is -0.497 e. The minimum absolute atomic E-state index is 0.0592. The van der Waals surface area contributed by atoms with Gasteiger partial charge in [0.2, 0.25) is 5.91 Å². The molecule has 1 unspecified atom stereocenters. The average molecular weight is 532 g/mol. The number of hydrogen-bond donors (Lipinski definition) is 2. The first-order valence-corrected chi connectivity index (χ1v) is 12.9. The van der Waals surface area contributed by atoms with Crippen molar-refractivity contribution in [2.45, 2.75) is 46.1 Å². The van der Waals surface area contributed by atoms with Crippen molar-refractivity contribution in [2.24, 2.45) is 5.41 Å². The van der Waals surface area contributed by atoms with Crippen molar-refractivity contribution in [1.29, 1.82) is 0 Å². The van der Waals surface area contributed by atoms with E-state index in [2.05, 4.69) is 34.8 Å². The zero-order valence-electron chi connectivity index (χ0n) is 21.8. The number of halogens is 1. The number of rotatable bonds is 6. The Hall–Kier alpha value is -3.91. The van der Waals surface area contributed by atoms with Crippen molar-refractivity contribution in [3.05, 3.63) is 93.5 Å². The van der Waals surface area contributed by atoms with Crippen LogP contribution in [0.1, 0.15) is 50.8 Å². The van der Waals surface area contributed by atoms with Gasteiger partial charge < -0.3 is 15.4 Å². The first-order chi connectivity index (χ1) is 18.1. The van der Waals surface area contributed by atoms with Crippen molar-refractivity contribution >= 4 is 23.3 Å². The normalized spacial score (nSPS) is 18.7. The van der Waals surface area contributed by atoms with Crippen LogP contribution in [0.3, 0.4) is 0 Å². The third kappa shape index (κ3) is 5.09. The molecule has 0 saturated heterocycles. The summed E-state index contributed by atoms with van der Waals surface area (Å²) in [5, 5.41) is 15.4. The molecule has 1 aromatic heterocycles. The maximum absolute atomic E-state index is 13.7. The van der Waals surface area contributed by atoms with Gasteiger partial charge in [0.25, 0.3) is 0 Å². The van der Waals surface area contributed by atoms with Gasteiger partial charge in [-0.15, -0.1) is 5.10 Å². The number of carbonyl (C=O) groups is 2. The van der Waals surface area contributed by atoms with Crippen LogP contribution in [0, 0.1) is 5.41 Å². The first kappa shape index (κ1) is 25.7. The van der Waals surface area contributed by atoms with Crippen LogP contribution in [0.15, 0.2) is 77.3 Å². The van der Waals surface area contributed by atoms with E-state index in [0.29, 0.717) is 28.3 Å². The Morgan fingerprint density at radius 2 is 1.87 bits per heavy atom. The van der Waals surface area contributed by atoms with E-state index in [1.54, 1.807) is 30.1 Å². The molecule has 2 aliphatic rings. The summed E-state index contributed by atoms with van der Waals surface area (Å²) < 4.78 is 6.85. The highest BCUT2D eigenvalue weighted by Crippen LogP contribution is 2.46. The number of nitrogens with one attached hydrogen (secondary N) is 2. The van der Waals surface area contributed by atoms with Gasteiger partial charge in [-0.1, -0.05) is 42.8 Å². The fourth-order valence-corrected chi connectivity index (χ4v) is 5.36. The Labute approximate surface area is 226 Å². The molecule has 5 rings (SSSR count). The Balaban J connectivity index is 1.40. The van der Waals surface area contributed by atoms with Crippen LogP contribution in [0.25, 0.3) is 5.69 Å². The Kier molecular flexibility index (Phi) is 6.84. The molecule has 0 radical (unpaired) electrons. The fourth-order valence-electron chi connectivity index (χ4n) is 5.23. The van der Waals surface area contributed by atoms with E-state index < -0.39 is 5.92 Å². The number of nitrogens with zero attached hydrogens (tertiary/aromatic N) is 3. The molecule has 0 saturated carbocycles. The molecule has 2 heterocycles. The second kappa shape index (κ2) is 10.1. The number of amides is 1. The van der Waals surface area contributed by atoms with Gasteiger partial charge in [0.05, 0.1) is 25.5 Å². The highest BCUT2D eigenvalue weighted by Gasteiger charge is 2.42. The number of allylic oxidation sites excluding steroid dienone is 3. The molecule has 1 aliphatic carbocycles. The van der Waals surface area contributed by atoms with Gasteiger partial charge in [0.1, 0.15) is 11.4 Å². The molecule has 9 heteroatoms. The predicted molar refractivity (Wildman–Crippen MR) is 145 cm³/mol. The van der Waals surface area contributed by atoms with Crippen molar-refractivity contribution < 1.29 is 14.3 Å². The summed E-state index contributed by atoms with van der Waals surface area (Å²) in [4.78, 5) is 27.1. The maximum Gasteiger partial charge on any atom is 0.250 e. The van der Waals surface area contributed by atoms with Crippen LogP contribution in [-0.4, -0.2) is 33.8 Å². The van der Waals surface area contributed by atoms with E-state index in [9.17, 15) is 9.59 Å². The van der Waals surface area contributed by atoms with E-state index in [4.69, 9.17) is 16.3 Å². The lowest BCUT2D eigenvalue weighted by atomic mass is 9.68. The van der Waals surface area contributed by atoms with Crippen LogP contribution >= 0.6 is 11.6 Å². The Morgan fingerprint density at radius 1 is 1.16 bits per heavy atom. The number of methoxy groups -OCH3 is 1. The monoisotopic (exact) mass is 531 g/mol. The van der Waals surface area contributed by atoms with Gasteiger partial charge in [-0.3, -0.25) is 9.59 Å². The topological polar surface area (TPSA) is 98.1 Å². The molecular formula is C29H30ClN5O3. The van der Waals surface area contributed by atoms with Crippen molar-refractivity contribution in [3.8, 4) is 11.4 Å². The van der Waals surface area contributed by atoms with Gasteiger partial charge >= 0.3 is 0 Å². The Bertz CT molecular complexity index is 1450. The van der Waals surface area contributed by atoms with E-state index in [0.717, 1.165) is 34.8 Å². The lowest BCUT2D eigenvalue weighted by Crippen LogP contribution is -2.40. The zero-order valence-corrected chi connectivity index (χ0v) is 22.6. The van der Waals surface area contributed by atoms with Gasteiger partial charge in [0, 0.05) is 39.9 Å². The lowest BCUT2D eigenvalue weighted by molar-refractivity contribution is -0.118. The second-order valence-electron chi connectivity index (χ2n) is 10.5. The molecule has 196 valence electrons. The number of ketones is 1. The van der Waals surface area contributed by atoms with Crippen LogP contribution < -0.4 is 15.4 Å². The van der Waals surface area contributed by atoms with Crippen molar-refractivity contribution in [3.63, 3.8) is 0 Å². The number of hydrogen-bond acceptors (Lipinski definition) is 6.